The Bertz CT molecular complexity index is 1050. The fraction of sp³-hybridized carbons (Fsp3) is 0.250. The highest BCUT2D eigenvalue weighted by molar-refractivity contribution is 9.10. The summed E-state index contributed by atoms with van der Waals surface area (Å²) in [6.45, 7) is 1.45. The third-order valence-corrected chi connectivity index (χ3v) is 6.38. The molecule has 0 bridgehead atoms. The minimum absolute atomic E-state index is 0.0500. The number of hydrogen-bond acceptors (Lipinski definition) is 2. The summed E-state index contributed by atoms with van der Waals surface area (Å²) in [5, 5.41) is 10.9. The van der Waals surface area contributed by atoms with Gasteiger partial charge in [0, 0.05) is 23.1 Å². The number of carbonyl (C=O) groups excluding carboxylic acids is 1. The Morgan fingerprint density at radius 3 is 2.28 bits per heavy atom. The van der Waals surface area contributed by atoms with Crippen LogP contribution >= 0.6 is 15.9 Å². The Morgan fingerprint density at radius 2 is 1.59 bits per heavy atom. The lowest BCUT2D eigenvalue weighted by atomic mass is 9.88. The Morgan fingerprint density at radius 1 is 0.931 bits per heavy atom. The molecule has 1 amide bonds. The van der Waals surface area contributed by atoms with Crippen LogP contribution in [0, 0.1) is 0 Å². The maximum Gasteiger partial charge on any atom is 0.307 e. The van der Waals surface area contributed by atoms with Gasteiger partial charge in [-0.1, -0.05) is 64.5 Å². The first-order valence-corrected chi connectivity index (χ1v) is 10.6. The van der Waals surface area contributed by atoms with E-state index in [1.54, 1.807) is 0 Å². The summed E-state index contributed by atoms with van der Waals surface area (Å²) in [4.78, 5) is 26.0. The van der Waals surface area contributed by atoms with Crippen LogP contribution < -0.4 is 0 Å². The molecule has 4 rings (SSSR count). The van der Waals surface area contributed by atoms with Gasteiger partial charge in [0.15, 0.2) is 0 Å². The quantitative estimate of drug-likeness (QED) is 0.589. The molecule has 5 heteroatoms. The molecule has 1 heterocycles. The van der Waals surface area contributed by atoms with E-state index in [0.717, 1.165) is 52.3 Å². The molecular weight excluding hydrogens is 430 g/mol. The van der Waals surface area contributed by atoms with Crippen LogP contribution in [0.4, 0.5) is 0 Å². The normalized spacial score (nSPS) is 14.9. The van der Waals surface area contributed by atoms with Crippen molar-refractivity contribution in [1.29, 1.82) is 0 Å². The van der Waals surface area contributed by atoms with Gasteiger partial charge in [0.25, 0.3) is 5.91 Å². The number of carboxylic acid groups (broad SMARTS) is 1. The molecule has 1 saturated heterocycles. The highest BCUT2D eigenvalue weighted by Crippen LogP contribution is 2.31. The molecule has 0 radical (unpaired) electrons. The zero-order chi connectivity index (χ0) is 20.4. The van der Waals surface area contributed by atoms with Crippen LogP contribution in [0.25, 0.3) is 10.8 Å². The Balaban J connectivity index is 1.45. The molecular formula is C24H22BrNO3. The summed E-state index contributed by atoms with van der Waals surface area (Å²) in [5.41, 5.74) is 2.79. The molecule has 148 valence electrons. The van der Waals surface area contributed by atoms with Crippen molar-refractivity contribution >= 4 is 38.6 Å². The van der Waals surface area contributed by atoms with E-state index in [0.29, 0.717) is 5.92 Å². The predicted molar refractivity (Wildman–Crippen MR) is 117 cm³/mol. The number of fused-ring (bicyclic) bond motifs is 1. The summed E-state index contributed by atoms with van der Waals surface area (Å²) in [6, 6.07) is 19.7. The van der Waals surface area contributed by atoms with Gasteiger partial charge in [-0.3, -0.25) is 9.59 Å². The van der Waals surface area contributed by atoms with Gasteiger partial charge in [0.1, 0.15) is 0 Å². The summed E-state index contributed by atoms with van der Waals surface area (Å²) in [6.07, 6.45) is 1.88. The zero-order valence-electron chi connectivity index (χ0n) is 16.0. The number of halogens is 1. The van der Waals surface area contributed by atoms with Crippen molar-refractivity contribution in [1.82, 2.24) is 4.90 Å². The second-order valence-corrected chi connectivity index (χ2v) is 8.37. The smallest absolute Gasteiger partial charge is 0.307 e. The van der Waals surface area contributed by atoms with Crippen molar-refractivity contribution in [2.24, 2.45) is 0 Å². The fourth-order valence-electron chi connectivity index (χ4n) is 4.13. The lowest BCUT2D eigenvalue weighted by molar-refractivity contribution is -0.136. The van der Waals surface area contributed by atoms with Crippen LogP contribution in [0.3, 0.4) is 0 Å². The van der Waals surface area contributed by atoms with Crippen molar-refractivity contribution in [3.63, 3.8) is 0 Å². The maximum absolute atomic E-state index is 13.2. The predicted octanol–water partition coefficient (Wildman–Crippen LogP) is 5.25. The number of amides is 1. The van der Waals surface area contributed by atoms with E-state index in [9.17, 15) is 9.59 Å². The molecule has 3 aromatic rings. The molecule has 1 aliphatic rings. The van der Waals surface area contributed by atoms with E-state index in [-0.39, 0.29) is 12.3 Å². The van der Waals surface area contributed by atoms with Crippen LogP contribution in [-0.4, -0.2) is 35.0 Å². The number of benzene rings is 3. The topological polar surface area (TPSA) is 57.6 Å². The largest absolute Gasteiger partial charge is 0.481 e. The number of likely N-dealkylation sites (tertiary alicyclic amines) is 1. The maximum atomic E-state index is 13.2. The van der Waals surface area contributed by atoms with E-state index in [1.807, 2.05) is 65.6 Å². The minimum Gasteiger partial charge on any atom is -0.481 e. The second-order valence-electron chi connectivity index (χ2n) is 7.52. The second kappa shape index (κ2) is 8.37. The van der Waals surface area contributed by atoms with Crippen LogP contribution in [0.1, 0.15) is 40.2 Å². The van der Waals surface area contributed by atoms with Gasteiger partial charge in [-0.2, -0.15) is 0 Å². The average Bonchev–Trinajstić information content (AvgIpc) is 2.73. The molecule has 0 saturated carbocycles. The number of piperidine rings is 1. The van der Waals surface area contributed by atoms with Crippen molar-refractivity contribution in [3.05, 3.63) is 81.8 Å². The highest BCUT2D eigenvalue weighted by atomic mass is 79.9. The fourth-order valence-corrected chi connectivity index (χ4v) is 4.63. The summed E-state index contributed by atoms with van der Waals surface area (Å²) < 4.78 is 0.995. The Kier molecular flexibility index (Phi) is 5.67. The molecule has 3 aromatic carbocycles. The van der Waals surface area contributed by atoms with Crippen LogP contribution in [-0.2, 0) is 11.2 Å². The van der Waals surface area contributed by atoms with E-state index in [4.69, 9.17) is 5.11 Å². The first-order valence-electron chi connectivity index (χ1n) is 9.80. The minimum atomic E-state index is -0.815. The lowest BCUT2D eigenvalue weighted by Gasteiger charge is -2.32. The third-order valence-electron chi connectivity index (χ3n) is 5.69. The molecule has 0 spiro atoms. The Labute approximate surface area is 178 Å². The number of nitrogens with zero attached hydrogens (tertiary/aromatic N) is 1. The number of aliphatic carboxylic acids is 1. The van der Waals surface area contributed by atoms with E-state index < -0.39 is 5.97 Å². The molecule has 0 aliphatic carbocycles. The van der Waals surface area contributed by atoms with Crippen molar-refractivity contribution in [2.45, 2.75) is 25.2 Å². The van der Waals surface area contributed by atoms with Gasteiger partial charge in [-0.05, 0) is 52.8 Å². The summed E-state index contributed by atoms with van der Waals surface area (Å²) in [5.74, 6) is -0.325. The first kappa shape index (κ1) is 19.6. The van der Waals surface area contributed by atoms with Crippen molar-refractivity contribution in [3.8, 4) is 0 Å². The average molecular weight is 452 g/mol. The van der Waals surface area contributed by atoms with Gasteiger partial charge in [-0.25, -0.2) is 0 Å². The van der Waals surface area contributed by atoms with Gasteiger partial charge in [-0.15, -0.1) is 0 Å². The van der Waals surface area contributed by atoms with Crippen LogP contribution in [0.5, 0.6) is 0 Å². The summed E-state index contributed by atoms with van der Waals surface area (Å²) >= 11 is 3.57. The molecule has 0 aromatic heterocycles. The van der Waals surface area contributed by atoms with Crippen molar-refractivity contribution in [2.75, 3.05) is 13.1 Å². The van der Waals surface area contributed by atoms with Gasteiger partial charge < -0.3 is 10.0 Å². The molecule has 0 unspecified atom stereocenters. The third kappa shape index (κ3) is 4.20. The summed E-state index contributed by atoms with van der Waals surface area (Å²) in [7, 11) is 0. The standard InChI is InChI=1S/C24H22BrNO3/c25-22-6-2-3-19-20(22)4-1-5-21(19)24(29)26-13-11-18(12-14-26)17-9-7-16(8-10-17)15-23(27)28/h1-10,18H,11-15H2,(H,27,28). The lowest BCUT2D eigenvalue weighted by Crippen LogP contribution is -2.38. The number of carbonyl (C=O) groups is 2. The zero-order valence-corrected chi connectivity index (χ0v) is 17.6. The molecule has 29 heavy (non-hydrogen) atoms. The number of carboxylic acids is 1. The van der Waals surface area contributed by atoms with Gasteiger partial charge >= 0.3 is 5.97 Å². The molecule has 1 aliphatic heterocycles. The SMILES string of the molecule is O=C(O)Cc1ccc(C2CCN(C(=O)c3cccc4c(Br)cccc34)CC2)cc1. The van der Waals surface area contributed by atoms with E-state index >= 15 is 0 Å². The molecule has 0 atom stereocenters. The van der Waals surface area contributed by atoms with Crippen molar-refractivity contribution < 1.29 is 14.7 Å². The van der Waals surface area contributed by atoms with Gasteiger partial charge in [0.05, 0.1) is 6.42 Å². The monoisotopic (exact) mass is 451 g/mol. The van der Waals surface area contributed by atoms with E-state index in [1.165, 1.54) is 5.56 Å². The number of hydrogen-bond donors (Lipinski definition) is 1. The molecule has 1 N–H and O–H groups in total. The highest BCUT2D eigenvalue weighted by Gasteiger charge is 2.25. The molecule has 4 nitrogen and oxygen atoms in total. The van der Waals surface area contributed by atoms with Crippen LogP contribution in [0.15, 0.2) is 65.1 Å². The first-order chi connectivity index (χ1) is 14.0. The van der Waals surface area contributed by atoms with Crippen LogP contribution in [0.2, 0.25) is 0 Å². The van der Waals surface area contributed by atoms with Gasteiger partial charge in [0.2, 0.25) is 0 Å². The number of rotatable bonds is 4. The Hall–Kier alpha value is -2.66. The van der Waals surface area contributed by atoms with E-state index in [2.05, 4.69) is 15.9 Å². The molecule has 1 fully saturated rings.